The SMILES string of the molecule is COC(=O)Cc1ccc(S(=O)(=O)N(C)CCSC)cc1. The second-order valence-electron chi connectivity index (χ2n) is 4.22. The largest absolute Gasteiger partial charge is 0.469 e. The third-order valence-corrected chi connectivity index (χ3v) is 5.28. The number of carbonyl (C=O) groups is 1. The van der Waals surface area contributed by atoms with Crippen LogP contribution < -0.4 is 0 Å². The highest BCUT2D eigenvalue weighted by atomic mass is 32.2. The maximum absolute atomic E-state index is 12.3. The van der Waals surface area contributed by atoms with E-state index in [1.165, 1.54) is 23.5 Å². The highest BCUT2D eigenvalue weighted by molar-refractivity contribution is 7.98. The van der Waals surface area contributed by atoms with Crippen LogP contribution in [-0.4, -0.2) is 51.4 Å². The molecule has 0 atom stereocenters. The number of sulfonamides is 1. The van der Waals surface area contributed by atoms with Crippen molar-refractivity contribution in [3.05, 3.63) is 29.8 Å². The molecule has 0 bridgehead atoms. The monoisotopic (exact) mass is 317 g/mol. The van der Waals surface area contributed by atoms with Crippen molar-refractivity contribution in [3.8, 4) is 0 Å². The lowest BCUT2D eigenvalue weighted by molar-refractivity contribution is -0.139. The van der Waals surface area contributed by atoms with Gasteiger partial charge in [0.2, 0.25) is 10.0 Å². The van der Waals surface area contributed by atoms with Crippen molar-refractivity contribution in [2.24, 2.45) is 0 Å². The van der Waals surface area contributed by atoms with Crippen LogP contribution in [0.25, 0.3) is 0 Å². The second kappa shape index (κ2) is 7.66. The minimum Gasteiger partial charge on any atom is -0.469 e. The molecule has 0 amide bonds. The molecular formula is C13H19NO4S2. The number of hydrogen-bond donors (Lipinski definition) is 0. The molecule has 5 nitrogen and oxygen atoms in total. The molecule has 1 aromatic rings. The zero-order chi connectivity index (χ0) is 15.2. The summed E-state index contributed by atoms with van der Waals surface area (Å²) in [4.78, 5) is 11.4. The van der Waals surface area contributed by atoms with E-state index in [1.807, 2.05) is 6.26 Å². The van der Waals surface area contributed by atoms with Crippen molar-refractivity contribution < 1.29 is 17.9 Å². The number of benzene rings is 1. The van der Waals surface area contributed by atoms with Gasteiger partial charge in [0.05, 0.1) is 18.4 Å². The van der Waals surface area contributed by atoms with E-state index in [0.29, 0.717) is 6.54 Å². The van der Waals surface area contributed by atoms with Gasteiger partial charge in [-0.3, -0.25) is 4.79 Å². The van der Waals surface area contributed by atoms with E-state index in [4.69, 9.17) is 0 Å². The fourth-order valence-corrected chi connectivity index (χ4v) is 3.28. The number of hydrogen-bond acceptors (Lipinski definition) is 5. The summed E-state index contributed by atoms with van der Waals surface area (Å²) in [7, 11) is -0.573. The first kappa shape index (κ1) is 17.0. The van der Waals surface area contributed by atoms with Crippen LogP contribution in [0.1, 0.15) is 5.56 Å². The van der Waals surface area contributed by atoms with Gasteiger partial charge in [-0.25, -0.2) is 12.7 Å². The molecule has 0 saturated carbocycles. The fourth-order valence-electron chi connectivity index (χ4n) is 1.54. The van der Waals surface area contributed by atoms with Crippen LogP contribution in [0.5, 0.6) is 0 Å². The Kier molecular flexibility index (Phi) is 6.51. The summed E-state index contributed by atoms with van der Waals surface area (Å²) in [5.41, 5.74) is 0.725. The molecule has 0 aromatic heterocycles. The molecule has 20 heavy (non-hydrogen) atoms. The van der Waals surface area contributed by atoms with E-state index < -0.39 is 10.0 Å². The van der Waals surface area contributed by atoms with Crippen molar-refractivity contribution in [2.45, 2.75) is 11.3 Å². The first-order valence-electron chi connectivity index (χ1n) is 6.03. The molecule has 0 spiro atoms. The predicted molar refractivity (Wildman–Crippen MR) is 80.4 cm³/mol. The number of methoxy groups -OCH3 is 1. The van der Waals surface area contributed by atoms with Crippen LogP contribution in [0.4, 0.5) is 0 Å². The zero-order valence-electron chi connectivity index (χ0n) is 11.8. The molecule has 0 N–H and O–H groups in total. The fraction of sp³-hybridized carbons (Fsp3) is 0.462. The quantitative estimate of drug-likeness (QED) is 0.711. The molecule has 0 radical (unpaired) electrons. The maximum Gasteiger partial charge on any atom is 0.309 e. The summed E-state index contributed by atoms with van der Waals surface area (Å²) in [5, 5.41) is 0. The van der Waals surface area contributed by atoms with Gasteiger partial charge in [0.1, 0.15) is 0 Å². The van der Waals surface area contributed by atoms with Crippen LogP contribution in [0.2, 0.25) is 0 Å². The lowest BCUT2D eigenvalue weighted by Crippen LogP contribution is -2.29. The van der Waals surface area contributed by atoms with Gasteiger partial charge in [0, 0.05) is 19.3 Å². The molecule has 0 saturated heterocycles. The minimum absolute atomic E-state index is 0.138. The van der Waals surface area contributed by atoms with Gasteiger partial charge in [-0.05, 0) is 24.0 Å². The highest BCUT2D eigenvalue weighted by Crippen LogP contribution is 2.16. The van der Waals surface area contributed by atoms with E-state index in [2.05, 4.69) is 4.74 Å². The minimum atomic E-state index is -3.46. The number of ether oxygens (including phenoxy) is 1. The first-order chi connectivity index (χ1) is 9.41. The van der Waals surface area contributed by atoms with Crippen molar-refractivity contribution in [3.63, 3.8) is 0 Å². The van der Waals surface area contributed by atoms with Gasteiger partial charge in [-0.2, -0.15) is 11.8 Å². The standard InChI is InChI=1S/C13H19NO4S2/c1-14(8-9-19-3)20(16,17)12-6-4-11(5-7-12)10-13(15)18-2/h4-7H,8-10H2,1-3H3. The number of rotatable bonds is 7. The Morgan fingerprint density at radius 3 is 2.40 bits per heavy atom. The molecule has 1 aromatic carbocycles. The van der Waals surface area contributed by atoms with Gasteiger partial charge >= 0.3 is 5.97 Å². The summed E-state index contributed by atoms with van der Waals surface area (Å²) < 4.78 is 30.4. The number of nitrogens with zero attached hydrogens (tertiary/aromatic N) is 1. The second-order valence-corrected chi connectivity index (χ2v) is 7.25. The third kappa shape index (κ3) is 4.50. The zero-order valence-corrected chi connectivity index (χ0v) is 13.5. The summed E-state index contributed by atoms with van der Waals surface area (Å²) in [6.07, 6.45) is 2.07. The Morgan fingerprint density at radius 1 is 1.30 bits per heavy atom. The van der Waals surface area contributed by atoms with Crippen LogP contribution in [0.3, 0.4) is 0 Å². The predicted octanol–water partition coefficient (Wildman–Crippen LogP) is 1.39. The molecule has 0 fully saturated rings. The topological polar surface area (TPSA) is 63.7 Å². The van der Waals surface area contributed by atoms with E-state index in [-0.39, 0.29) is 17.3 Å². The summed E-state index contributed by atoms with van der Waals surface area (Å²) in [6, 6.07) is 6.30. The van der Waals surface area contributed by atoms with Crippen LogP contribution in [0, 0.1) is 0 Å². The summed E-state index contributed by atoms with van der Waals surface area (Å²) in [6.45, 7) is 0.466. The van der Waals surface area contributed by atoms with Gasteiger partial charge in [0.25, 0.3) is 0 Å². The molecular weight excluding hydrogens is 298 g/mol. The summed E-state index contributed by atoms with van der Waals surface area (Å²) in [5.74, 6) is 0.397. The van der Waals surface area contributed by atoms with E-state index in [1.54, 1.807) is 30.9 Å². The Bertz CT molecular complexity index is 540. The van der Waals surface area contributed by atoms with Gasteiger partial charge in [-0.1, -0.05) is 12.1 Å². The number of thioether (sulfide) groups is 1. The van der Waals surface area contributed by atoms with E-state index in [9.17, 15) is 13.2 Å². The summed E-state index contributed by atoms with van der Waals surface area (Å²) >= 11 is 1.60. The van der Waals surface area contributed by atoms with E-state index in [0.717, 1.165) is 11.3 Å². The molecule has 112 valence electrons. The lowest BCUT2D eigenvalue weighted by Gasteiger charge is -2.16. The van der Waals surface area contributed by atoms with Crippen LogP contribution >= 0.6 is 11.8 Å². The van der Waals surface area contributed by atoms with Crippen molar-refractivity contribution >= 4 is 27.8 Å². The average Bonchev–Trinajstić information content (AvgIpc) is 2.45. The average molecular weight is 317 g/mol. The van der Waals surface area contributed by atoms with E-state index >= 15 is 0 Å². The Hall–Kier alpha value is -1.05. The number of esters is 1. The molecule has 0 aliphatic heterocycles. The smallest absolute Gasteiger partial charge is 0.309 e. The normalized spacial score (nSPS) is 11.6. The third-order valence-electron chi connectivity index (χ3n) is 2.82. The van der Waals surface area contributed by atoms with Gasteiger partial charge in [-0.15, -0.1) is 0 Å². The highest BCUT2D eigenvalue weighted by Gasteiger charge is 2.20. The van der Waals surface area contributed by atoms with Gasteiger partial charge < -0.3 is 4.74 Å². The van der Waals surface area contributed by atoms with Gasteiger partial charge in [0.15, 0.2) is 0 Å². The van der Waals surface area contributed by atoms with Crippen molar-refractivity contribution in [1.29, 1.82) is 0 Å². The number of carbonyl (C=O) groups excluding carboxylic acids is 1. The Balaban J connectivity index is 2.84. The maximum atomic E-state index is 12.3. The van der Waals surface area contributed by atoms with Crippen molar-refractivity contribution in [1.82, 2.24) is 4.31 Å². The molecule has 0 unspecified atom stereocenters. The molecule has 7 heteroatoms. The molecule has 0 aliphatic rings. The first-order valence-corrected chi connectivity index (χ1v) is 8.86. The Labute approximate surface area is 124 Å². The Morgan fingerprint density at radius 2 is 1.90 bits per heavy atom. The van der Waals surface area contributed by atoms with Crippen LogP contribution in [0.15, 0.2) is 29.2 Å². The van der Waals surface area contributed by atoms with Crippen LogP contribution in [-0.2, 0) is 26.0 Å². The van der Waals surface area contributed by atoms with Crippen molar-refractivity contribution in [2.75, 3.05) is 32.7 Å². The lowest BCUT2D eigenvalue weighted by atomic mass is 10.2. The molecule has 0 aliphatic carbocycles. The molecule has 1 rings (SSSR count). The molecule has 0 heterocycles.